The highest BCUT2D eigenvalue weighted by atomic mass is 79.9. The average Bonchev–Trinajstić information content (AvgIpc) is 2.38. The van der Waals surface area contributed by atoms with E-state index in [0.29, 0.717) is 24.2 Å². The fourth-order valence-corrected chi connectivity index (χ4v) is 3.78. The average molecular weight is 335 g/mol. The van der Waals surface area contributed by atoms with E-state index in [1.807, 2.05) is 0 Å². The molecule has 1 saturated heterocycles. The van der Waals surface area contributed by atoms with Crippen molar-refractivity contribution in [2.24, 2.45) is 0 Å². The van der Waals surface area contributed by atoms with Crippen molar-refractivity contribution in [1.82, 2.24) is 10.0 Å². The van der Waals surface area contributed by atoms with Crippen molar-refractivity contribution in [1.29, 1.82) is 0 Å². The van der Waals surface area contributed by atoms with Crippen LogP contribution in [0.25, 0.3) is 0 Å². The lowest BCUT2D eigenvalue weighted by Gasteiger charge is -2.23. The van der Waals surface area contributed by atoms with E-state index in [4.69, 9.17) is 4.74 Å². The molecule has 2 rings (SSSR count). The van der Waals surface area contributed by atoms with Gasteiger partial charge in [0.15, 0.2) is 0 Å². The van der Waals surface area contributed by atoms with Crippen molar-refractivity contribution >= 4 is 26.0 Å². The summed E-state index contributed by atoms with van der Waals surface area (Å²) in [4.78, 5) is 0.252. The molecule has 1 fully saturated rings. The monoisotopic (exact) mass is 334 g/mol. The Balaban J connectivity index is 2.01. The highest BCUT2D eigenvalue weighted by Crippen LogP contribution is 2.20. The molecule has 2 N–H and O–H groups in total. The van der Waals surface area contributed by atoms with E-state index in [-0.39, 0.29) is 10.9 Å². The molecule has 7 heteroatoms. The van der Waals surface area contributed by atoms with Crippen LogP contribution in [0.15, 0.2) is 33.6 Å². The summed E-state index contributed by atoms with van der Waals surface area (Å²) in [7, 11) is -3.48. The molecule has 0 aliphatic carbocycles. The summed E-state index contributed by atoms with van der Waals surface area (Å²) >= 11 is 3.24. The lowest BCUT2D eigenvalue weighted by atomic mass is 10.3. The van der Waals surface area contributed by atoms with E-state index < -0.39 is 10.0 Å². The summed E-state index contributed by atoms with van der Waals surface area (Å²) in [6.45, 7) is 2.27. The van der Waals surface area contributed by atoms with Gasteiger partial charge < -0.3 is 10.1 Å². The predicted octanol–water partition coefficient (Wildman–Crippen LogP) is 0.716. The van der Waals surface area contributed by atoms with E-state index in [0.717, 1.165) is 6.54 Å². The first-order valence-electron chi connectivity index (χ1n) is 5.65. The third-order valence-electron chi connectivity index (χ3n) is 2.64. The van der Waals surface area contributed by atoms with Crippen LogP contribution >= 0.6 is 15.9 Å². The van der Waals surface area contributed by atoms with Gasteiger partial charge in [0.05, 0.1) is 18.1 Å². The van der Waals surface area contributed by atoms with Crippen molar-refractivity contribution < 1.29 is 13.2 Å². The summed E-state index contributed by atoms with van der Waals surface area (Å²) in [5.74, 6) is 0. The minimum atomic E-state index is -3.48. The van der Waals surface area contributed by atoms with Gasteiger partial charge in [0.1, 0.15) is 0 Å². The van der Waals surface area contributed by atoms with Crippen LogP contribution < -0.4 is 10.0 Å². The highest BCUT2D eigenvalue weighted by molar-refractivity contribution is 9.10. The molecule has 1 unspecified atom stereocenters. The Kier molecular flexibility index (Phi) is 4.74. The molecule has 0 spiro atoms. The quantitative estimate of drug-likeness (QED) is 0.851. The SMILES string of the molecule is O=S(=O)(NCC1COCCN1)c1ccccc1Br. The topological polar surface area (TPSA) is 67.4 Å². The predicted molar refractivity (Wildman–Crippen MR) is 71.9 cm³/mol. The molecule has 18 heavy (non-hydrogen) atoms. The fourth-order valence-electron chi connectivity index (χ4n) is 1.70. The molecule has 1 aromatic rings. The van der Waals surface area contributed by atoms with Crippen LogP contribution in [0.1, 0.15) is 0 Å². The summed E-state index contributed by atoms with van der Waals surface area (Å²) in [6.07, 6.45) is 0. The molecule has 0 aromatic heterocycles. The third-order valence-corrected chi connectivity index (χ3v) is 5.08. The molecule has 0 bridgehead atoms. The normalized spacial score (nSPS) is 20.8. The first kappa shape index (κ1) is 14.0. The van der Waals surface area contributed by atoms with Crippen molar-refractivity contribution in [3.05, 3.63) is 28.7 Å². The molecule has 0 radical (unpaired) electrons. The molecule has 0 amide bonds. The van der Waals surface area contributed by atoms with Gasteiger partial charge in [-0.25, -0.2) is 13.1 Å². The fraction of sp³-hybridized carbons (Fsp3) is 0.455. The van der Waals surface area contributed by atoms with Gasteiger partial charge >= 0.3 is 0 Å². The van der Waals surface area contributed by atoms with Gasteiger partial charge in [0.2, 0.25) is 10.0 Å². The van der Waals surface area contributed by atoms with Crippen LogP contribution in [0.5, 0.6) is 0 Å². The highest BCUT2D eigenvalue weighted by Gasteiger charge is 2.20. The van der Waals surface area contributed by atoms with E-state index in [2.05, 4.69) is 26.0 Å². The zero-order valence-corrected chi connectivity index (χ0v) is 12.1. The molecule has 1 aliphatic heterocycles. The molecule has 1 atom stereocenters. The van der Waals surface area contributed by atoms with Crippen molar-refractivity contribution in [3.63, 3.8) is 0 Å². The van der Waals surface area contributed by atoms with Gasteiger partial charge in [-0.2, -0.15) is 0 Å². The second kappa shape index (κ2) is 6.12. The molecule has 0 saturated carbocycles. The smallest absolute Gasteiger partial charge is 0.241 e. The zero-order valence-electron chi connectivity index (χ0n) is 9.73. The van der Waals surface area contributed by atoms with Crippen LogP contribution in [-0.4, -0.2) is 40.8 Å². The number of halogens is 1. The number of nitrogens with one attached hydrogen (secondary N) is 2. The van der Waals surface area contributed by atoms with Gasteiger partial charge in [0, 0.05) is 23.6 Å². The lowest BCUT2D eigenvalue weighted by molar-refractivity contribution is 0.0784. The van der Waals surface area contributed by atoms with Crippen molar-refractivity contribution in [2.75, 3.05) is 26.3 Å². The maximum atomic E-state index is 12.1. The molecular weight excluding hydrogens is 320 g/mol. The maximum absolute atomic E-state index is 12.1. The molecule has 5 nitrogen and oxygen atoms in total. The molecule has 1 aliphatic rings. The van der Waals surface area contributed by atoms with E-state index in [1.54, 1.807) is 24.3 Å². The standard InChI is InChI=1S/C11H15BrN2O3S/c12-10-3-1-2-4-11(10)18(15,16)14-7-9-8-17-6-5-13-9/h1-4,9,13-14H,5-8H2. The second-order valence-electron chi connectivity index (χ2n) is 4.01. The Hall–Kier alpha value is -0.470. The Morgan fingerprint density at radius 2 is 2.22 bits per heavy atom. The van der Waals surface area contributed by atoms with Gasteiger partial charge in [-0.05, 0) is 28.1 Å². The maximum Gasteiger partial charge on any atom is 0.241 e. The number of sulfonamides is 1. The number of ether oxygens (including phenoxy) is 1. The minimum Gasteiger partial charge on any atom is -0.378 e. The second-order valence-corrected chi connectivity index (χ2v) is 6.60. The van der Waals surface area contributed by atoms with Gasteiger partial charge in [-0.3, -0.25) is 0 Å². The Labute approximate surface area is 115 Å². The summed E-state index contributed by atoms with van der Waals surface area (Å²) < 4.78 is 32.6. The number of rotatable bonds is 4. The van der Waals surface area contributed by atoms with Crippen molar-refractivity contribution in [2.45, 2.75) is 10.9 Å². The van der Waals surface area contributed by atoms with E-state index in [9.17, 15) is 8.42 Å². The zero-order chi connectivity index (χ0) is 13.0. The minimum absolute atomic E-state index is 0.0241. The third kappa shape index (κ3) is 3.52. The van der Waals surface area contributed by atoms with Crippen LogP contribution in [0.3, 0.4) is 0 Å². The first-order chi connectivity index (χ1) is 8.59. The lowest BCUT2D eigenvalue weighted by Crippen LogP contribution is -2.48. The molecular formula is C11H15BrN2O3S. The molecule has 1 heterocycles. The van der Waals surface area contributed by atoms with Crippen LogP contribution in [0.2, 0.25) is 0 Å². The first-order valence-corrected chi connectivity index (χ1v) is 7.92. The van der Waals surface area contributed by atoms with Gasteiger partial charge in [-0.15, -0.1) is 0 Å². The summed E-state index contributed by atoms with van der Waals surface area (Å²) in [6, 6.07) is 6.77. The number of benzene rings is 1. The van der Waals surface area contributed by atoms with E-state index in [1.165, 1.54) is 0 Å². The van der Waals surface area contributed by atoms with Crippen LogP contribution in [0, 0.1) is 0 Å². The summed E-state index contributed by atoms with van der Waals surface area (Å²) in [5, 5.41) is 3.19. The van der Waals surface area contributed by atoms with Crippen molar-refractivity contribution in [3.8, 4) is 0 Å². The number of hydrogen-bond donors (Lipinski definition) is 2. The molecule has 100 valence electrons. The Morgan fingerprint density at radius 1 is 1.44 bits per heavy atom. The number of hydrogen-bond acceptors (Lipinski definition) is 4. The van der Waals surface area contributed by atoms with Crippen LogP contribution in [-0.2, 0) is 14.8 Å². The largest absolute Gasteiger partial charge is 0.378 e. The van der Waals surface area contributed by atoms with Gasteiger partial charge in [-0.1, -0.05) is 12.1 Å². The summed E-state index contributed by atoms with van der Waals surface area (Å²) in [5.41, 5.74) is 0. The molecule has 1 aromatic carbocycles. The van der Waals surface area contributed by atoms with Gasteiger partial charge in [0.25, 0.3) is 0 Å². The number of morpholine rings is 1. The Morgan fingerprint density at radius 3 is 2.89 bits per heavy atom. The van der Waals surface area contributed by atoms with E-state index >= 15 is 0 Å². The van der Waals surface area contributed by atoms with Crippen LogP contribution in [0.4, 0.5) is 0 Å². The Bertz CT molecular complexity index is 501.